The molecule has 6 heteroatoms. The predicted molar refractivity (Wildman–Crippen MR) is 140 cm³/mol. The van der Waals surface area contributed by atoms with Crippen molar-refractivity contribution in [3.8, 4) is 0 Å². The van der Waals surface area contributed by atoms with Crippen LogP contribution in [-0.4, -0.2) is 24.1 Å². The van der Waals surface area contributed by atoms with Crippen LogP contribution in [0.4, 0.5) is 0 Å². The molecule has 7 rings (SSSR count). The van der Waals surface area contributed by atoms with Crippen LogP contribution in [0.15, 0.2) is 97.1 Å². The summed E-state index contributed by atoms with van der Waals surface area (Å²) in [6.45, 7) is 0. The quantitative estimate of drug-likeness (QED) is 0.270. The van der Waals surface area contributed by atoms with Gasteiger partial charge in [-0.2, -0.15) is 0 Å². The molecule has 5 atom stereocenters. The summed E-state index contributed by atoms with van der Waals surface area (Å²) in [6, 6.07) is 29.3. The van der Waals surface area contributed by atoms with Gasteiger partial charge < -0.3 is 9.47 Å². The lowest BCUT2D eigenvalue weighted by Crippen LogP contribution is -2.53. The van der Waals surface area contributed by atoms with Gasteiger partial charge in [-0.05, 0) is 64.7 Å². The van der Waals surface area contributed by atoms with Gasteiger partial charge in [-0.15, -0.1) is 0 Å². The fourth-order valence-electron chi connectivity index (χ4n) is 6.74. The minimum Gasteiger partial charge on any atom is -0.454 e. The van der Waals surface area contributed by atoms with Crippen molar-refractivity contribution >= 4 is 35.1 Å². The molecule has 0 saturated heterocycles. The molecule has 0 radical (unpaired) electrons. The highest BCUT2D eigenvalue weighted by molar-refractivity contribution is 6.32. The van der Waals surface area contributed by atoms with E-state index in [4.69, 9.17) is 32.7 Å². The highest BCUT2D eigenvalue weighted by Gasteiger charge is 2.76. The first-order chi connectivity index (χ1) is 18.0. The Morgan fingerprint density at radius 1 is 0.649 bits per heavy atom. The second-order valence-corrected chi connectivity index (χ2v) is 10.6. The van der Waals surface area contributed by atoms with Gasteiger partial charge in [0.05, 0.1) is 11.1 Å². The average Bonchev–Trinajstić information content (AvgIpc) is 3.09. The lowest BCUT2D eigenvalue weighted by Gasteiger charge is -2.58. The van der Waals surface area contributed by atoms with E-state index in [0.717, 1.165) is 22.3 Å². The maximum Gasteiger partial charge on any atom is 0.338 e. The minimum atomic E-state index is -0.732. The molecule has 37 heavy (non-hydrogen) atoms. The molecule has 0 N–H and O–H groups in total. The van der Waals surface area contributed by atoms with Crippen LogP contribution in [0, 0.1) is 0 Å². The number of rotatable bonds is 4. The van der Waals surface area contributed by atoms with Crippen LogP contribution in [0.2, 0.25) is 10.0 Å². The third-order valence-electron chi connectivity index (χ3n) is 8.07. The number of hydrogen-bond acceptors (Lipinski definition) is 4. The van der Waals surface area contributed by atoms with E-state index < -0.39 is 29.6 Å². The van der Waals surface area contributed by atoms with Crippen LogP contribution in [0.1, 0.15) is 54.8 Å². The zero-order valence-electron chi connectivity index (χ0n) is 19.4. The van der Waals surface area contributed by atoms with E-state index >= 15 is 0 Å². The summed E-state index contributed by atoms with van der Waals surface area (Å²) in [6.07, 6.45) is -1.44. The van der Waals surface area contributed by atoms with Crippen molar-refractivity contribution < 1.29 is 19.1 Å². The van der Waals surface area contributed by atoms with Gasteiger partial charge in [0, 0.05) is 27.3 Å². The van der Waals surface area contributed by atoms with Crippen molar-refractivity contribution in [3.63, 3.8) is 0 Å². The zero-order chi connectivity index (χ0) is 25.3. The molecule has 4 aromatic carbocycles. The molecule has 0 aliphatic heterocycles. The van der Waals surface area contributed by atoms with Crippen LogP contribution < -0.4 is 0 Å². The molecular weight excluding hydrogens is 507 g/mol. The van der Waals surface area contributed by atoms with Gasteiger partial charge in [0.1, 0.15) is 12.2 Å². The number of ether oxygens (including phenoxy) is 2. The lowest BCUT2D eigenvalue weighted by molar-refractivity contribution is -0.0318. The molecule has 182 valence electrons. The highest BCUT2D eigenvalue weighted by atomic mass is 35.5. The van der Waals surface area contributed by atoms with Crippen molar-refractivity contribution in [2.24, 2.45) is 0 Å². The number of carbonyl (C=O) groups excluding carboxylic acids is 2. The first-order valence-corrected chi connectivity index (χ1v) is 12.9. The number of hydrogen-bond donors (Lipinski definition) is 0. The number of carbonyl (C=O) groups is 2. The minimum absolute atomic E-state index is 0.197. The molecule has 3 aliphatic carbocycles. The first kappa shape index (κ1) is 22.6. The van der Waals surface area contributed by atoms with Crippen LogP contribution in [0.25, 0.3) is 0 Å². The van der Waals surface area contributed by atoms with Crippen molar-refractivity contribution in [2.75, 3.05) is 0 Å². The molecule has 0 heterocycles. The van der Waals surface area contributed by atoms with Crippen molar-refractivity contribution in [2.45, 2.75) is 29.5 Å². The van der Waals surface area contributed by atoms with Crippen molar-refractivity contribution in [1.29, 1.82) is 0 Å². The molecule has 4 aromatic rings. The Hall–Kier alpha value is -3.60. The second kappa shape index (κ2) is 8.20. The fraction of sp³-hybridized carbons (Fsp3) is 0.161. The third kappa shape index (κ3) is 3.03. The van der Waals surface area contributed by atoms with Gasteiger partial charge in [-0.3, -0.25) is 0 Å². The van der Waals surface area contributed by atoms with E-state index in [2.05, 4.69) is 6.07 Å². The largest absolute Gasteiger partial charge is 0.454 e. The fourth-order valence-corrected chi connectivity index (χ4v) is 7.20. The van der Waals surface area contributed by atoms with E-state index in [1.54, 1.807) is 48.5 Å². The molecule has 0 bridgehead atoms. The Balaban J connectivity index is 1.37. The smallest absolute Gasteiger partial charge is 0.338 e. The van der Waals surface area contributed by atoms with Crippen LogP contribution in [0.5, 0.6) is 0 Å². The third-order valence-corrected chi connectivity index (χ3v) is 8.64. The van der Waals surface area contributed by atoms with Gasteiger partial charge in [0.15, 0.2) is 0 Å². The van der Waals surface area contributed by atoms with Gasteiger partial charge in [0.25, 0.3) is 0 Å². The van der Waals surface area contributed by atoms with Crippen LogP contribution >= 0.6 is 23.2 Å². The number of fused-ring (bicyclic) bond motifs is 4. The van der Waals surface area contributed by atoms with Gasteiger partial charge >= 0.3 is 11.9 Å². The molecule has 4 nitrogen and oxygen atoms in total. The maximum absolute atomic E-state index is 13.3. The summed E-state index contributed by atoms with van der Waals surface area (Å²) in [5, 5.41) is 1.24. The molecule has 3 aliphatic rings. The summed E-state index contributed by atoms with van der Waals surface area (Å²) < 4.78 is 12.4. The van der Waals surface area contributed by atoms with Crippen LogP contribution in [-0.2, 0) is 14.9 Å². The summed E-state index contributed by atoms with van der Waals surface area (Å²) in [5.74, 6) is -1.39. The summed E-state index contributed by atoms with van der Waals surface area (Å²) in [7, 11) is 0. The Bertz CT molecular complexity index is 1570. The zero-order valence-corrected chi connectivity index (χ0v) is 20.9. The predicted octanol–water partition coefficient (Wildman–Crippen LogP) is 6.94. The van der Waals surface area contributed by atoms with E-state index in [9.17, 15) is 9.59 Å². The summed E-state index contributed by atoms with van der Waals surface area (Å²) in [4.78, 5) is 26.6. The summed E-state index contributed by atoms with van der Waals surface area (Å²) >= 11 is 13.2. The number of esters is 2. The Kier molecular flexibility index (Phi) is 5.01. The second-order valence-electron chi connectivity index (χ2n) is 9.73. The summed E-state index contributed by atoms with van der Waals surface area (Å²) in [5.41, 5.74) is 4.50. The van der Waals surface area contributed by atoms with Crippen molar-refractivity contribution in [1.82, 2.24) is 0 Å². The van der Waals surface area contributed by atoms with E-state index in [-0.39, 0.29) is 11.8 Å². The van der Waals surface area contributed by atoms with Gasteiger partial charge in [-0.1, -0.05) is 77.8 Å². The lowest BCUT2D eigenvalue weighted by atomic mass is 9.43. The standard InChI is InChI=1S/C31H20Cl2O4/c32-19-14-15-20-22(16-19)31-21-12-7-13-23(33)24(21)26(31)28(37-30(35)18-10-5-2-6-11-18)27(25(20)31)36-29(34)17-8-3-1-4-9-17/h1-16,25-28H/t25?,26-,27?,28?,31+/m1/s1. The highest BCUT2D eigenvalue weighted by Crippen LogP contribution is 2.77. The van der Waals surface area contributed by atoms with Gasteiger partial charge in [-0.25, -0.2) is 9.59 Å². The van der Waals surface area contributed by atoms with E-state index in [1.165, 1.54) is 0 Å². The van der Waals surface area contributed by atoms with E-state index in [1.807, 2.05) is 42.5 Å². The Morgan fingerprint density at radius 3 is 1.86 bits per heavy atom. The maximum atomic E-state index is 13.3. The topological polar surface area (TPSA) is 52.6 Å². The Labute approximate surface area is 223 Å². The number of halogens is 2. The normalized spacial score (nSPS) is 25.9. The monoisotopic (exact) mass is 526 g/mol. The molecule has 0 amide bonds. The molecule has 3 unspecified atom stereocenters. The van der Waals surface area contributed by atoms with E-state index in [0.29, 0.717) is 21.2 Å². The molecule has 0 aromatic heterocycles. The SMILES string of the molecule is O=C(OC1C(OC(=O)c2ccccc2)[C@H]2c3c(Cl)cccc3[C@@]23c2cc(Cl)ccc2C13)c1ccccc1. The molecular formula is C31H20Cl2O4. The number of benzene rings is 4. The molecule has 1 saturated carbocycles. The molecule has 1 spiro atoms. The van der Waals surface area contributed by atoms with Crippen LogP contribution in [0.3, 0.4) is 0 Å². The first-order valence-electron chi connectivity index (χ1n) is 12.1. The molecule has 1 fully saturated rings. The van der Waals surface area contributed by atoms with Crippen molar-refractivity contribution in [3.05, 3.63) is 140 Å². The van der Waals surface area contributed by atoms with Gasteiger partial charge in [0.2, 0.25) is 0 Å². The average molecular weight is 527 g/mol. The Morgan fingerprint density at radius 2 is 1.24 bits per heavy atom.